The van der Waals surface area contributed by atoms with Crippen LogP contribution >= 0.6 is 0 Å². The number of methoxy groups -OCH3 is 1. The molecule has 104 valence electrons. The molecule has 2 aromatic rings. The number of fused-ring (bicyclic) bond motifs is 1. The van der Waals surface area contributed by atoms with Crippen LogP contribution in [0.25, 0.3) is 0 Å². The molecule has 1 aromatic heterocycles. The molecule has 0 atom stereocenters. The maximum atomic E-state index is 13.9. The van der Waals surface area contributed by atoms with Crippen LogP contribution in [-0.2, 0) is 12.8 Å². The Kier molecular flexibility index (Phi) is 3.18. The summed E-state index contributed by atoms with van der Waals surface area (Å²) in [5.74, 6) is -0.406. The first-order valence-corrected chi connectivity index (χ1v) is 6.56. The van der Waals surface area contributed by atoms with Gasteiger partial charge in [-0.15, -0.1) is 0 Å². The Labute approximate surface area is 116 Å². The van der Waals surface area contributed by atoms with Crippen molar-refractivity contribution in [3.05, 3.63) is 41.5 Å². The maximum absolute atomic E-state index is 13.9. The second-order valence-electron chi connectivity index (χ2n) is 4.81. The zero-order chi connectivity index (χ0) is 14.1. The lowest BCUT2D eigenvalue weighted by Gasteiger charge is -2.15. The van der Waals surface area contributed by atoms with Crippen molar-refractivity contribution in [2.45, 2.75) is 19.3 Å². The molecule has 0 unspecified atom stereocenters. The van der Waals surface area contributed by atoms with Gasteiger partial charge in [-0.05, 0) is 43.0 Å². The summed E-state index contributed by atoms with van der Waals surface area (Å²) in [6, 6.07) is 5.15. The molecule has 3 N–H and O–H groups in total. The van der Waals surface area contributed by atoms with Crippen LogP contribution in [0, 0.1) is 5.82 Å². The van der Waals surface area contributed by atoms with Crippen LogP contribution in [0.1, 0.15) is 17.7 Å². The number of rotatable bonds is 3. The lowest BCUT2D eigenvalue weighted by molar-refractivity contribution is 0.390. The van der Waals surface area contributed by atoms with E-state index in [-0.39, 0.29) is 11.4 Å². The van der Waals surface area contributed by atoms with Crippen molar-refractivity contribution >= 4 is 17.1 Å². The number of halogens is 1. The molecule has 4 nitrogen and oxygen atoms in total. The number of pyridine rings is 1. The van der Waals surface area contributed by atoms with E-state index in [0.717, 1.165) is 30.6 Å². The standard InChI is InChI=1S/C15H16FN3O/c1-20-15-13(6-5-10(17)14(15)16)19-12-7-8-18-11-4-2-3-9(11)12/h5-8H,2-4,17H2,1H3,(H,18,19). The van der Waals surface area contributed by atoms with E-state index in [0.29, 0.717) is 5.69 Å². The molecule has 0 spiro atoms. The summed E-state index contributed by atoms with van der Waals surface area (Å²) in [5.41, 5.74) is 9.47. The lowest BCUT2D eigenvalue weighted by Crippen LogP contribution is -2.02. The fourth-order valence-corrected chi connectivity index (χ4v) is 2.59. The number of nitrogen functional groups attached to an aromatic ring is 1. The van der Waals surface area contributed by atoms with Gasteiger partial charge in [-0.1, -0.05) is 0 Å². The van der Waals surface area contributed by atoms with Crippen LogP contribution in [0.3, 0.4) is 0 Å². The molecule has 5 heteroatoms. The van der Waals surface area contributed by atoms with E-state index in [9.17, 15) is 4.39 Å². The van der Waals surface area contributed by atoms with Gasteiger partial charge in [-0.3, -0.25) is 4.98 Å². The van der Waals surface area contributed by atoms with Crippen LogP contribution in [0.2, 0.25) is 0 Å². The summed E-state index contributed by atoms with van der Waals surface area (Å²) < 4.78 is 19.1. The van der Waals surface area contributed by atoms with E-state index in [4.69, 9.17) is 10.5 Å². The number of hydrogen-bond acceptors (Lipinski definition) is 4. The smallest absolute Gasteiger partial charge is 0.190 e. The average molecular weight is 273 g/mol. The minimum Gasteiger partial charge on any atom is -0.492 e. The van der Waals surface area contributed by atoms with Crippen molar-refractivity contribution < 1.29 is 9.13 Å². The number of ether oxygens (including phenoxy) is 1. The number of benzene rings is 1. The molecule has 20 heavy (non-hydrogen) atoms. The number of aromatic nitrogens is 1. The van der Waals surface area contributed by atoms with Crippen molar-refractivity contribution in [2.75, 3.05) is 18.2 Å². The number of hydrogen-bond donors (Lipinski definition) is 2. The van der Waals surface area contributed by atoms with Gasteiger partial charge < -0.3 is 15.8 Å². The maximum Gasteiger partial charge on any atom is 0.190 e. The molecule has 1 aromatic carbocycles. The van der Waals surface area contributed by atoms with Crippen LogP contribution in [0.5, 0.6) is 5.75 Å². The Balaban J connectivity index is 2.00. The molecule has 0 amide bonds. The molecule has 0 radical (unpaired) electrons. The van der Waals surface area contributed by atoms with E-state index in [2.05, 4.69) is 10.3 Å². The van der Waals surface area contributed by atoms with Crippen LogP contribution in [0.4, 0.5) is 21.5 Å². The molecule has 1 aliphatic carbocycles. The number of nitrogens with one attached hydrogen (secondary N) is 1. The van der Waals surface area contributed by atoms with Crippen LogP contribution < -0.4 is 15.8 Å². The van der Waals surface area contributed by atoms with Gasteiger partial charge in [0.05, 0.1) is 18.5 Å². The summed E-state index contributed by atoms with van der Waals surface area (Å²) in [4.78, 5) is 4.37. The monoisotopic (exact) mass is 273 g/mol. The average Bonchev–Trinajstić information content (AvgIpc) is 2.93. The van der Waals surface area contributed by atoms with Gasteiger partial charge >= 0.3 is 0 Å². The Morgan fingerprint density at radius 1 is 1.25 bits per heavy atom. The number of nitrogens with two attached hydrogens (primary N) is 1. The van der Waals surface area contributed by atoms with Gasteiger partial charge in [0.15, 0.2) is 11.6 Å². The van der Waals surface area contributed by atoms with Gasteiger partial charge in [0.2, 0.25) is 0 Å². The molecule has 0 saturated heterocycles. The number of anilines is 3. The summed E-state index contributed by atoms with van der Waals surface area (Å²) in [6.45, 7) is 0. The molecule has 0 saturated carbocycles. The topological polar surface area (TPSA) is 60.2 Å². The third-order valence-electron chi connectivity index (χ3n) is 3.59. The largest absolute Gasteiger partial charge is 0.492 e. The lowest BCUT2D eigenvalue weighted by atomic mass is 10.1. The third kappa shape index (κ3) is 2.05. The Hall–Kier alpha value is -2.30. The predicted molar refractivity (Wildman–Crippen MR) is 76.9 cm³/mol. The molecule has 0 bridgehead atoms. The van der Waals surface area contributed by atoms with E-state index in [1.807, 2.05) is 6.07 Å². The van der Waals surface area contributed by atoms with E-state index in [1.54, 1.807) is 12.3 Å². The van der Waals surface area contributed by atoms with Crippen molar-refractivity contribution in [3.8, 4) is 5.75 Å². The quantitative estimate of drug-likeness (QED) is 0.844. The molecule has 1 aliphatic rings. The van der Waals surface area contributed by atoms with Crippen LogP contribution in [-0.4, -0.2) is 12.1 Å². The molecule has 1 heterocycles. The first kappa shape index (κ1) is 12.7. The highest BCUT2D eigenvalue weighted by molar-refractivity contribution is 5.72. The molecular formula is C15H16FN3O. The highest BCUT2D eigenvalue weighted by Gasteiger charge is 2.18. The zero-order valence-corrected chi connectivity index (χ0v) is 11.2. The second-order valence-corrected chi connectivity index (χ2v) is 4.81. The highest BCUT2D eigenvalue weighted by atomic mass is 19.1. The molecule has 0 fully saturated rings. The van der Waals surface area contributed by atoms with Crippen molar-refractivity contribution in [3.63, 3.8) is 0 Å². The normalized spacial score (nSPS) is 13.1. The highest BCUT2D eigenvalue weighted by Crippen LogP contribution is 2.36. The van der Waals surface area contributed by atoms with Crippen LogP contribution in [0.15, 0.2) is 24.4 Å². The molecule has 3 rings (SSSR count). The van der Waals surface area contributed by atoms with E-state index in [1.165, 1.54) is 18.7 Å². The summed E-state index contributed by atoms with van der Waals surface area (Å²) in [5, 5.41) is 3.23. The third-order valence-corrected chi connectivity index (χ3v) is 3.59. The summed E-state index contributed by atoms with van der Waals surface area (Å²) in [6.07, 6.45) is 4.87. The zero-order valence-electron chi connectivity index (χ0n) is 11.2. The molecule has 0 aliphatic heterocycles. The second kappa shape index (κ2) is 5.00. The SMILES string of the molecule is COc1c(Nc2ccnc3c2CCC3)ccc(N)c1F. The fourth-order valence-electron chi connectivity index (χ4n) is 2.59. The van der Waals surface area contributed by atoms with Gasteiger partial charge in [-0.2, -0.15) is 0 Å². The number of nitrogens with zero attached hydrogens (tertiary/aromatic N) is 1. The Morgan fingerprint density at radius 2 is 2.10 bits per heavy atom. The van der Waals surface area contributed by atoms with E-state index >= 15 is 0 Å². The fraction of sp³-hybridized carbons (Fsp3) is 0.267. The van der Waals surface area contributed by atoms with Crippen molar-refractivity contribution in [1.29, 1.82) is 0 Å². The van der Waals surface area contributed by atoms with E-state index < -0.39 is 5.82 Å². The van der Waals surface area contributed by atoms with Crippen molar-refractivity contribution in [2.24, 2.45) is 0 Å². The Morgan fingerprint density at radius 3 is 2.90 bits per heavy atom. The van der Waals surface area contributed by atoms with Gasteiger partial charge in [-0.25, -0.2) is 4.39 Å². The first-order chi connectivity index (χ1) is 9.70. The number of aryl methyl sites for hydroxylation is 1. The Bertz CT molecular complexity index is 658. The predicted octanol–water partition coefficient (Wildman–Crippen LogP) is 3.04. The van der Waals surface area contributed by atoms with Crippen molar-refractivity contribution in [1.82, 2.24) is 4.98 Å². The summed E-state index contributed by atoms with van der Waals surface area (Å²) >= 11 is 0. The van der Waals surface area contributed by atoms with Gasteiger partial charge in [0, 0.05) is 17.6 Å². The first-order valence-electron chi connectivity index (χ1n) is 6.56. The minimum atomic E-state index is -0.539. The van der Waals surface area contributed by atoms with Gasteiger partial charge in [0.1, 0.15) is 0 Å². The summed E-state index contributed by atoms with van der Waals surface area (Å²) in [7, 11) is 1.43. The molecular weight excluding hydrogens is 257 g/mol. The minimum absolute atomic E-state index is 0.0763. The van der Waals surface area contributed by atoms with Gasteiger partial charge in [0.25, 0.3) is 0 Å².